The first-order chi connectivity index (χ1) is 25.8. The Morgan fingerprint density at radius 3 is 2.34 bits per heavy atom. The molecule has 280 valence electrons. The van der Waals surface area contributed by atoms with Gasteiger partial charge in [0.15, 0.2) is 29.7 Å². The van der Waals surface area contributed by atoms with Crippen LogP contribution in [0.2, 0.25) is 0 Å². The monoisotopic (exact) mass is 726 g/mol. The second kappa shape index (κ2) is 17.9. The molecule has 13 heteroatoms. The Kier molecular flexibility index (Phi) is 12.6. The minimum absolute atomic E-state index is 0.0521. The highest BCUT2D eigenvalue weighted by Crippen LogP contribution is 2.36. The number of benzene rings is 3. The predicted octanol–water partition coefficient (Wildman–Crippen LogP) is 7.29. The number of hydrogen-bond acceptors (Lipinski definition) is 10. The van der Waals surface area contributed by atoms with E-state index < -0.39 is 11.7 Å². The highest BCUT2D eigenvalue weighted by molar-refractivity contribution is 6.06. The number of rotatable bonds is 15. The van der Waals surface area contributed by atoms with Crippen molar-refractivity contribution in [3.05, 3.63) is 83.3 Å². The first-order valence-electron chi connectivity index (χ1n) is 18.2. The topological polar surface area (TPSA) is 127 Å². The molecular weight excluding hydrogens is 679 g/mol. The molecule has 0 atom stereocenters. The van der Waals surface area contributed by atoms with E-state index in [1.165, 1.54) is 38.6 Å². The number of amides is 2. The Morgan fingerprint density at radius 2 is 1.60 bits per heavy atom. The Bertz CT molecular complexity index is 1880. The molecule has 0 saturated carbocycles. The molecule has 1 aromatic heterocycles. The van der Waals surface area contributed by atoms with E-state index in [-0.39, 0.29) is 41.4 Å². The minimum atomic E-state index is -0.525. The molecule has 4 aromatic rings. The van der Waals surface area contributed by atoms with Crippen LogP contribution in [-0.4, -0.2) is 84.6 Å². The van der Waals surface area contributed by atoms with Crippen LogP contribution in [0.4, 0.5) is 21.7 Å². The number of para-hydroxylation sites is 1. The summed E-state index contributed by atoms with van der Waals surface area (Å²) in [4.78, 5) is 39.3. The largest absolute Gasteiger partial charge is 0.493 e. The van der Waals surface area contributed by atoms with Crippen LogP contribution >= 0.6 is 0 Å². The molecule has 53 heavy (non-hydrogen) atoms. The van der Waals surface area contributed by atoms with Crippen LogP contribution < -0.4 is 29.6 Å². The lowest BCUT2D eigenvalue weighted by molar-refractivity contribution is -0.132. The van der Waals surface area contributed by atoms with E-state index in [2.05, 4.69) is 25.5 Å². The average molecular weight is 727 g/mol. The van der Waals surface area contributed by atoms with Crippen LogP contribution in [0.5, 0.6) is 28.9 Å². The van der Waals surface area contributed by atoms with E-state index in [9.17, 15) is 9.59 Å². The Labute approximate surface area is 309 Å². The first-order valence-corrected chi connectivity index (χ1v) is 18.2. The Morgan fingerprint density at radius 1 is 0.868 bits per heavy atom. The summed E-state index contributed by atoms with van der Waals surface area (Å²) in [5.41, 5.74) is 2.87. The summed E-state index contributed by atoms with van der Waals surface area (Å²) in [5.74, 6) is 0.0122. The molecule has 0 unspecified atom stereocenters. The molecule has 2 aliphatic heterocycles. The molecule has 2 aliphatic rings. The number of anilines is 3. The van der Waals surface area contributed by atoms with Gasteiger partial charge in [0.25, 0.3) is 11.8 Å². The van der Waals surface area contributed by atoms with Crippen molar-refractivity contribution in [1.82, 2.24) is 19.8 Å². The molecule has 3 heterocycles. The third-order valence-electron chi connectivity index (χ3n) is 9.39. The van der Waals surface area contributed by atoms with Gasteiger partial charge in [-0.3, -0.25) is 9.59 Å². The van der Waals surface area contributed by atoms with Gasteiger partial charge in [0.05, 0.1) is 13.7 Å². The number of methoxy groups -OCH3 is 1. The molecule has 0 spiro atoms. The van der Waals surface area contributed by atoms with Gasteiger partial charge in [-0.25, -0.2) is 9.37 Å². The number of hydrogen-bond donors (Lipinski definition) is 2. The van der Waals surface area contributed by atoms with Crippen molar-refractivity contribution in [1.29, 1.82) is 0 Å². The van der Waals surface area contributed by atoms with Crippen LogP contribution in [-0.2, 0) is 4.79 Å². The zero-order chi connectivity index (χ0) is 37.2. The number of nitrogens with one attached hydrogen (secondary N) is 2. The number of aryl methyl sites for hydroxylation is 2. The van der Waals surface area contributed by atoms with E-state index >= 15 is 4.39 Å². The fourth-order valence-corrected chi connectivity index (χ4v) is 6.46. The van der Waals surface area contributed by atoms with Crippen LogP contribution in [0.3, 0.4) is 0 Å². The number of aromatic nitrogens is 2. The van der Waals surface area contributed by atoms with Gasteiger partial charge in [-0.15, -0.1) is 0 Å². The first kappa shape index (κ1) is 37.3. The quantitative estimate of drug-likeness (QED) is 0.121. The number of halogens is 1. The second-order valence-electron chi connectivity index (χ2n) is 13.3. The summed E-state index contributed by atoms with van der Waals surface area (Å²) in [5, 5.41) is 5.97. The van der Waals surface area contributed by atoms with E-state index in [0.29, 0.717) is 29.5 Å². The third kappa shape index (κ3) is 9.92. The van der Waals surface area contributed by atoms with Gasteiger partial charge < -0.3 is 39.4 Å². The smallest absolute Gasteiger partial charge is 0.262 e. The van der Waals surface area contributed by atoms with Crippen LogP contribution in [0.25, 0.3) is 0 Å². The molecular formula is C40H47FN6O6. The van der Waals surface area contributed by atoms with Gasteiger partial charge in [0, 0.05) is 49.3 Å². The van der Waals surface area contributed by atoms with Gasteiger partial charge in [-0.05, 0) is 94.4 Å². The number of carbonyl (C=O) groups is 2. The highest BCUT2D eigenvalue weighted by atomic mass is 19.1. The number of nitrogens with zero attached hydrogens (tertiary/aromatic N) is 4. The Balaban J connectivity index is 1.18. The van der Waals surface area contributed by atoms with Crippen molar-refractivity contribution in [3.63, 3.8) is 0 Å². The van der Waals surface area contributed by atoms with Crippen molar-refractivity contribution < 1.29 is 32.9 Å². The van der Waals surface area contributed by atoms with Gasteiger partial charge in [0.2, 0.25) is 11.8 Å². The molecule has 0 bridgehead atoms. The zero-order valence-corrected chi connectivity index (χ0v) is 30.6. The van der Waals surface area contributed by atoms with Gasteiger partial charge >= 0.3 is 0 Å². The SMILES string of the molecule is COc1cc(OCC(=O)N2CCCC2)ccc1Oc1nc(Nc2ccc(OCCCN3CCCCC3)c(F)c2)ncc1C(=O)Nc1c(C)cccc1C. The molecule has 6 rings (SSSR count). The summed E-state index contributed by atoms with van der Waals surface area (Å²) < 4.78 is 38.4. The maximum absolute atomic E-state index is 15.1. The lowest BCUT2D eigenvalue weighted by Gasteiger charge is -2.26. The fraction of sp³-hybridized carbons (Fsp3) is 0.400. The predicted molar refractivity (Wildman–Crippen MR) is 200 cm³/mol. The van der Waals surface area contributed by atoms with Crippen molar-refractivity contribution in [2.45, 2.75) is 52.4 Å². The van der Waals surface area contributed by atoms with Crippen molar-refractivity contribution >= 4 is 29.1 Å². The molecule has 2 saturated heterocycles. The summed E-state index contributed by atoms with van der Waals surface area (Å²) >= 11 is 0. The summed E-state index contributed by atoms with van der Waals surface area (Å²) in [7, 11) is 1.47. The van der Waals surface area contributed by atoms with E-state index in [0.717, 1.165) is 63.1 Å². The van der Waals surface area contributed by atoms with Crippen molar-refractivity contribution in [3.8, 4) is 28.9 Å². The summed E-state index contributed by atoms with van der Waals surface area (Å²) in [6.07, 6.45) is 7.89. The maximum Gasteiger partial charge on any atom is 0.262 e. The van der Waals surface area contributed by atoms with E-state index in [1.54, 1.807) is 35.2 Å². The Hall–Kier alpha value is -5.43. The summed E-state index contributed by atoms with van der Waals surface area (Å²) in [6.45, 7) is 8.76. The van der Waals surface area contributed by atoms with Crippen molar-refractivity contribution in [2.75, 3.05) is 63.7 Å². The van der Waals surface area contributed by atoms with Crippen molar-refractivity contribution in [2.24, 2.45) is 0 Å². The molecule has 12 nitrogen and oxygen atoms in total. The third-order valence-corrected chi connectivity index (χ3v) is 9.39. The van der Waals surface area contributed by atoms with Gasteiger partial charge in [-0.2, -0.15) is 4.98 Å². The molecule has 2 N–H and O–H groups in total. The lowest BCUT2D eigenvalue weighted by Crippen LogP contribution is -2.32. The van der Waals surface area contributed by atoms with Crippen LogP contribution in [0, 0.1) is 19.7 Å². The maximum atomic E-state index is 15.1. The van der Waals surface area contributed by atoms with Crippen LogP contribution in [0.15, 0.2) is 60.8 Å². The lowest BCUT2D eigenvalue weighted by atomic mass is 10.1. The fourth-order valence-electron chi connectivity index (χ4n) is 6.46. The standard InChI is InChI=1S/C40H47FN6O6/c1-27-11-9-12-28(2)37(27)44-38(49)31-25-42-40(43-29-13-15-33(32(41)23-29)51-22-10-19-46-17-5-4-6-18-46)45-39(31)53-34-16-14-30(24-35(34)50-3)52-26-36(48)47-20-7-8-21-47/h9,11-16,23-25H,4-8,10,17-22,26H2,1-3H3,(H,44,49)(H,42,43,45). The van der Waals surface area contributed by atoms with Gasteiger partial charge in [-0.1, -0.05) is 24.6 Å². The molecule has 0 radical (unpaired) electrons. The zero-order valence-electron chi connectivity index (χ0n) is 30.6. The number of piperidine rings is 1. The van der Waals surface area contributed by atoms with Gasteiger partial charge in [0.1, 0.15) is 11.3 Å². The van der Waals surface area contributed by atoms with E-state index in [1.807, 2.05) is 32.0 Å². The number of ether oxygens (including phenoxy) is 4. The summed E-state index contributed by atoms with van der Waals surface area (Å²) in [6, 6.07) is 15.1. The average Bonchev–Trinajstić information content (AvgIpc) is 3.71. The van der Waals surface area contributed by atoms with E-state index in [4.69, 9.17) is 18.9 Å². The number of likely N-dealkylation sites (tertiary alicyclic amines) is 2. The number of carbonyl (C=O) groups excluding carboxylic acids is 2. The minimum Gasteiger partial charge on any atom is -0.493 e. The highest BCUT2D eigenvalue weighted by Gasteiger charge is 2.22. The van der Waals surface area contributed by atoms with Crippen LogP contribution in [0.1, 0.15) is 60.0 Å². The molecule has 2 amide bonds. The molecule has 3 aromatic carbocycles. The molecule has 0 aliphatic carbocycles. The second-order valence-corrected chi connectivity index (χ2v) is 13.3. The normalized spacial score (nSPS) is 14.5. The molecule has 2 fully saturated rings.